The maximum absolute atomic E-state index is 4.27. The summed E-state index contributed by atoms with van der Waals surface area (Å²) in [7, 11) is 0. The number of nitrogens with zero attached hydrogens (tertiary/aromatic N) is 4. The van der Waals surface area contributed by atoms with Crippen LogP contribution in [-0.2, 0) is 0 Å². The summed E-state index contributed by atoms with van der Waals surface area (Å²) < 4.78 is 4.06. The van der Waals surface area contributed by atoms with Gasteiger partial charge >= 0.3 is 0 Å². The molecule has 0 aliphatic carbocycles. The minimum Gasteiger partial charge on any atom is -0.332 e. The third-order valence-corrected chi connectivity index (χ3v) is 3.01. The van der Waals surface area contributed by atoms with Gasteiger partial charge in [-0.2, -0.15) is 0 Å². The van der Waals surface area contributed by atoms with Gasteiger partial charge in [0.1, 0.15) is 11.7 Å². The molecule has 18 heavy (non-hydrogen) atoms. The molecule has 3 aromatic rings. The molecule has 1 unspecified atom stereocenters. The number of hydrogen-bond donors (Lipinski definition) is 0. The van der Waals surface area contributed by atoms with Gasteiger partial charge in [0.05, 0.1) is 5.52 Å². The highest BCUT2D eigenvalue weighted by atomic mass is 15.5. The molecule has 0 aliphatic rings. The second-order valence-corrected chi connectivity index (χ2v) is 4.16. The fourth-order valence-electron chi connectivity index (χ4n) is 2.15. The van der Waals surface area contributed by atoms with Gasteiger partial charge in [0, 0.05) is 18.8 Å². The molecule has 2 heterocycles. The van der Waals surface area contributed by atoms with Gasteiger partial charge in [0.2, 0.25) is 0 Å². The van der Waals surface area contributed by atoms with Gasteiger partial charge in [-0.1, -0.05) is 23.4 Å². The smallest absolute Gasteiger partial charge is 0.132 e. The Morgan fingerprint density at radius 1 is 1.17 bits per heavy atom. The minimum atomic E-state index is 0.0879. The van der Waals surface area contributed by atoms with Crippen LogP contribution in [0.25, 0.3) is 11.0 Å². The van der Waals surface area contributed by atoms with E-state index in [4.69, 9.17) is 0 Å². The molecule has 90 valence electrons. The van der Waals surface area contributed by atoms with E-state index >= 15 is 0 Å². The summed E-state index contributed by atoms with van der Waals surface area (Å²) in [6.45, 7) is 3.83. The second-order valence-electron chi connectivity index (χ2n) is 4.16. The van der Waals surface area contributed by atoms with E-state index in [1.54, 1.807) is 0 Å². The van der Waals surface area contributed by atoms with Crippen molar-refractivity contribution in [3.05, 3.63) is 61.4 Å². The number of aromatic nitrogens is 4. The molecule has 2 aromatic heterocycles. The molecule has 0 saturated heterocycles. The van der Waals surface area contributed by atoms with Crippen LogP contribution in [0.5, 0.6) is 0 Å². The van der Waals surface area contributed by atoms with E-state index in [0.717, 1.165) is 17.5 Å². The summed E-state index contributed by atoms with van der Waals surface area (Å²) in [5, 5.41) is 8.47. The first-order chi connectivity index (χ1) is 8.90. The van der Waals surface area contributed by atoms with Gasteiger partial charge < -0.3 is 4.57 Å². The molecule has 1 atom stereocenters. The fraction of sp³-hybridized carbons (Fsp3) is 0.143. The summed E-state index contributed by atoms with van der Waals surface area (Å²) in [6.07, 6.45) is 6.86. The normalized spacial score (nSPS) is 12.7. The Bertz CT molecular complexity index is 651. The van der Waals surface area contributed by atoms with Crippen molar-refractivity contribution in [3.63, 3.8) is 0 Å². The van der Waals surface area contributed by atoms with Gasteiger partial charge in [0.15, 0.2) is 0 Å². The lowest BCUT2D eigenvalue weighted by Crippen LogP contribution is -2.17. The van der Waals surface area contributed by atoms with Crippen LogP contribution in [-0.4, -0.2) is 19.6 Å². The highest BCUT2D eigenvalue weighted by molar-refractivity contribution is 5.73. The van der Waals surface area contributed by atoms with E-state index in [2.05, 4.69) is 21.5 Å². The van der Waals surface area contributed by atoms with Crippen LogP contribution in [0.3, 0.4) is 0 Å². The van der Waals surface area contributed by atoms with Gasteiger partial charge in [0.25, 0.3) is 0 Å². The first-order valence-corrected chi connectivity index (χ1v) is 5.93. The van der Waals surface area contributed by atoms with Crippen molar-refractivity contribution in [3.8, 4) is 0 Å². The topological polar surface area (TPSA) is 35.6 Å². The summed E-state index contributed by atoms with van der Waals surface area (Å²) in [5.41, 5.74) is 1.96. The quantitative estimate of drug-likeness (QED) is 0.655. The van der Waals surface area contributed by atoms with Gasteiger partial charge in [-0.15, -0.1) is 11.7 Å². The van der Waals surface area contributed by atoms with Crippen LogP contribution in [0.15, 0.2) is 61.4 Å². The number of allylic oxidation sites excluding steroid dienone is 1. The molecule has 4 heteroatoms. The van der Waals surface area contributed by atoms with Crippen molar-refractivity contribution in [1.82, 2.24) is 19.6 Å². The van der Waals surface area contributed by atoms with Crippen LogP contribution in [0.2, 0.25) is 0 Å². The maximum Gasteiger partial charge on any atom is 0.132 e. The lowest BCUT2D eigenvalue weighted by Gasteiger charge is -2.18. The molecule has 1 aromatic carbocycles. The minimum absolute atomic E-state index is 0.0879. The Labute approximate surface area is 105 Å². The SMILES string of the molecule is C=CCC(n1cccc1)n1nnc2ccccc21. The Kier molecular flexibility index (Phi) is 2.68. The van der Waals surface area contributed by atoms with Crippen molar-refractivity contribution >= 4 is 11.0 Å². The van der Waals surface area contributed by atoms with E-state index in [-0.39, 0.29) is 6.17 Å². The summed E-state index contributed by atoms with van der Waals surface area (Å²) >= 11 is 0. The predicted octanol–water partition coefficient (Wildman–Crippen LogP) is 2.86. The average Bonchev–Trinajstić information content (AvgIpc) is 3.06. The zero-order valence-electron chi connectivity index (χ0n) is 9.98. The van der Waals surface area contributed by atoms with Crippen LogP contribution in [0.4, 0.5) is 0 Å². The fourth-order valence-corrected chi connectivity index (χ4v) is 2.15. The molecule has 0 N–H and O–H groups in total. The van der Waals surface area contributed by atoms with E-state index in [0.29, 0.717) is 0 Å². The summed E-state index contributed by atoms with van der Waals surface area (Å²) in [6, 6.07) is 12.0. The zero-order chi connectivity index (χ0) is 12.4. The molecule has 0 amide bonds. The first kappa shape index (κ1) is 10.8. The lowest BCUT2D eigenvalue weighted by atomic mass is 10.3. The standard InChI is InChI=1S/C14H14N4/c1-2-7-14(17-10-5-6-11-17)18-13-9-4-3-8-12(13)15-16-18/h2-6,8-11,14H,1,7H2. The number of rotatable bonds is 4. The molecule has 0 spiro atoms. The Hall–Kier alpha value is -2.36. The number of benzene rings is 1. The lowest BCUT2D eigenvalue weighted by molar-refractivity contribution is 0.399. The Morgan fingerprint density at radius 3 is 2.72 bits per heavy atom. The van der Waals surface area contributed by atoms with Crippen LogP contribution in [0.1, 0.15) is 12.6 Å². The highest BCUT2D eigenvalue weighted by Gasteiger charge is 2.14. The zero-order valence-corrected chi connectivity index (χ0v) is 9.98. The molecule has 0 saturated carbocycles. The largest absolute Gasteiger partial charge is 0.332 e. The number of para-hydroxylation sites is 1. The molecular weight excluding hydrogens is 224 g/mol. The molecular formula is C14H14N4. The number of hydrogen-bond acceptors (Lipinski definition) is 2. The van der Waals surface area contributed by atoms with E-state index in [1.165, 1.54) is 0 Å². The molecule has 0 fully saturated rings. The van der Waals surface area contributed by atoms with Gasteiger partial charge in [-0.05, 0) is 24.3 Å². The third-order valence-electron chi connectivity index (χ3n) is 3.01. The van der Waals surface area contributed by atoms with Crippen LogP contribution < -0.4 is 0 Å². The predicted molar refractivity (Wildman–Crippen MR) is 71.2 cm³/mol. The van der Waals surface area contributed by atoms with E-state index < -0.39 is 0 Å². The molecule has 0 aliphatic heterocycles. The monoisotopic (exact) mass is 238 g/mol. The molecule has 3 rings (SSSR count). The van der Waals surface area contributed by atoms with Crippen molar-refractivity contribution in [2.24, 2.45) is 0 Å². The summed E-state index contributed by atoms with van der Waals surface area (Å²) in [4.78, 5) is 0. The second kappa shape index (κ2) is 4.49. The van der Waals surface area contributed by atoms with Crippen molar-refractivity contribution in [2.75, 3.05) is 0 Å². The van der Waals surface area contributed by atoms with E-state index in [9.17, 15) is 0 Å². The van der Waals surface area contributed by atoms with E-state index in [1.807, 2.05) is 59.5 Å². The van der Waals surface area contributed by atoms with Gasteiger partial charge in [-0.3, -0.25) is 0 Å². The molecule has 0 radical (unpaired) electrons. The number of fused-ring (bicyclic) bond motifs is 1. The van der Waals surface area contributed by atoms with Crippen molar-refractivity contribution < 1.29 is 0 Å². The third kappa shape index (κ3) is 1.72. The van der Waals surface area contributed by atoms with Crippen molar-refractivity contribution in [1.29, 1.82) is 0 Å². The van der Waals surface area contributed by atoms with Crippen LogP contribution in [0, 0.1) is 0 Å². The highest BCUT2D eigenvalue weighted by Crippen LogP contribution is 2.20. The van der Waals surface area contributed by atoms with Crippen LogP contribution >= 0.6 is 0 Å². The Balaban J connectivity index is 2.12. The molecule has 4 nitrogen and oxygen atoms in total. The van der Waals surface area contributed by atoms with Gasteiger partial charge in [-0.25, -0.2) is 4.68 Å². The average molecular weight is 238 g/mol. The molecule has 0 bridgehead atoms. The first-order valence-electron chi connectivity index (χ1n) is 5.93. The maximum atomic E-state index is 4.27. The Morgan fingerprint density at radius 2 is 1.94 bits per heavy atom. The van der Waals surface area contributed by atoms with Crippen molar-refractivity contribution in [2.45, 2.75) is 12.6 Å². The summed E-state index contributed by atoms with van der Waals surface area (Å²) in [5.74, 6) is 0.